The first-order valence-electron chi connectivity index (χ1n) is 8.65. The van der Waals surface area contributed by atoms with E-state index >= 15 is 0 Å². The van der Waals surface area contributed by atoms with E-state index in [0.29, 0.717) is 12.5 Å². The summed E-state index contributed by atoms with van der Waals surface area (Å²) in [6, 6.07) is 2.29. The van der Waals surface area contributed by atoms with Gasteiger partial charge in [0.2, 0.25) is 11.8 Å². The van der Waals surface area contributed by atoms with Gasteiger partial charge in [-0.1, -0.05) is 6.07 Å². The zero-order valence-electron chi connectivity index (χ0n) is 14.4. The summed E-state index contributed by atoms with van der Waals surface area (Å²) in [5.41, 5.74) is 0.100. The molecule has 7 heteroatoms. The van der Waals surface area contributed by atoms with Crippen LogP contribution in [-0.2, 0) is 9.59 Å². The van der Waals surface area contributed by atoms with Crippen LogP contribution in [-0.4, -0.2) is 31.4 Å². The molecule has 0 bridgehead atoms. The van der Waals surface area contributed by atoms with E-state index in [2.05, 4.69) is 16.0 Å². The molecule has 5 nitrogen and oxygen atoms in total. The summed E-state index contributed by atoms with van der Waals surface area (Å²) in [6.07, 6.45) is 3.09. The number of rotatable bonds is 7. The van der Waals surface area contributed by atoms with Crippen molar-refractivity contribution in [2.24, 2.45) is 5.92 Å². The third kappa shape index (κ3) is 6.42. The number of hydrogen-bond acceptors (Lipinski definition) is 3. The molecule has 0 aromatic heterocycles. The number of halogens is 2. The number of carbonyl (C=O) groups excluding carboxylic acids is 2. The summed E-state index contributed by atoms with van der Waals surface area (Å²) < 4.78 is 27.0. The summed E-state index contributed by atoms with van der Waals surface area (Å²) in [7, 11) is 0. The Kier molecular flexibility index (Phi) is 7.31. The molecule has 1 fully saturated rings. The molecule has 2 unspecified atom stereocenters. The molecule has 1 heterocycles. The van der Waals surface area contributed by atoms with Crippen LogP contribution in [0, 0.1) is 17.6 Å². The van der Waals surface area contributed by atoms with E-state index in [0.717, 1.165) is 44.5 Å². The molecular formula is C18H25F2N3O2. The fraction of sp³-hybridized carbons (Fsp3) is 0.556. The normalized spacial score (nSPS) is 18.4. The van der Waals surface area contributed by atoms with Crippen LogP contribution in [0.4, 0.5) is 8.78 Å². The molecule has 25 heavy (non-hydrogen) atoms. The molecule has 0 saturated carbocycles. The molecule has 2 amide bonds. The highest BCUT2D eigenvalue weighted by molar-refractivity contribution is 5.79. The van der Waals surface area contributed by atoms with Crippen molar-refractivity contribution in [1.29, 1.82) is 0 Å². The molecular weight excluding hydrogens is 328 g/mol. The monoisotopic (exact) mass is 353 g/mol. The van der Waals surface area contributed by atoms with Gasteiger partial charge in [0.05, 0.1) is 12.5 Å². The minimum atomic E-state index is -0.825. The molecule has 1 saturated heterocycles. The number of benzene rings is 1. The fourth-order valence-electron chi connectivity index (χ4n) is 3.11. The van der Waals surface area contributed by atoms with Gasteiger partial charge < -0.3 is 16.0 Å². The lowest BCUT2D eigenvalue weighted by molar-refractivity contribution is -0.122. The minimum absolute atomic E-state index is 0.0922. The van der Waals surface area contributed by atoms with E-state index in [-0.39, 0.29) is 23.8 Å². The molecule has 3 N–H and O–H groups in total. The average molecular weight is 353 g/mol. The van der Waals surface area contributed by atoms with Crippen molar-refractivity contribution in [3.63, 3.8) is 0 Å². The highest BCUT2D eigenvalue weighted by atomic mass is 19.1. The quantitative estimate of drug-likeness (QED) is 0.703. The number of nitrogens with one attached hydrogen (secondary N) is 3. The van der Waals surface area contributed by atoms with Gasteiger partial charge in [0, 0.05) is 25.1 Å². The maximum absolute atomic E-state index is 14.0. The molecule has 1 aliphatic heterocycles. The molecule has 1 aliphatic rings. The second kappa shape index (κ2) is 9.46. The number of carbonyl (C=O) groups is 2. The van der Waals surface area contributed by atoms with E-state index < -0.39 is 17.7 Å². The van der Waals surface area contributed by atoms with Crippen molar-refractivity contribution in [2.45, 2.75) is 38.6 Å². The van der Waals surface area contributed by atoms with E-state index in [1.165, 1.54) is 13.0 Å². The van der Waals surface area contributed by atoms with Crippen LogP contribution in [0.3, 0.4) is 0 Å². The predicted molar refractivity (Wildman–Crippen MR) is 90.8 cm³/mol. The van der Waals surface area contributed by atoms with Gasteiger partial charge in [-0.15, -0.1) is 0 Å². The third-order valence-electron chi connectivity index (χ3n) is 4.38. The smallest absolute Gasteiger partial charge is 0.222 e. The summed E-state index contributed by atoms with van der Waals surface area (Å²) in [5.74, 6) is -1.58. The molecule has 1 aromatic carbocycles. The van der Waals surface area contributed by atoms with E-state index in [1.807, 2.05) is 0 Å². The maximum atomic E-state index is 14.0. The van der Waals surface area contributed by atoms with E-state index in [9.17, 15) is 18.4 Å². The molecule has 138 valence electrons. The summed E-state index contributed by atoms with van der Waals surface area (Å²) >= 11 is 0. The molecule has 2 atom stereocenters. The Morgan fingerprint density at radius 3 is 2.80 bits per heavy atom. The molecule has 0 spiro atoms. The molecule has 1 aromatic rings. The van der Waals surface area contributed by atoms with Gasteiger partial charge in [-0.25, -0.2) is 8.78 Å². The highest BCUT2D eigenvalue weighted by Gasteiger charge is 2.21. The summed E-state index contributed by atoms with van der Waals surface area (Å²) in [6.45, 7) is 3.85. The Labute approximate surface area is 146 Å². The first kappa shape index (κ1) is 19.3. The van der Waals surface area contributed by atoms with Crippen LogP contribution < -0.4 is 16.0 Å². The zero-order chi connectivity index (χ0) is 18.2. The average Bonchev–Trinajstić information content (AvgIpc) is 2.55. The van der Waals surface area contributed by atoms with Gasteiger partial charge in [-0.2, -0.15) is 0 Å². The van der Waals surface area contributed by atoms with Crippen molar-refractivity contribution in [2.75, 3.05) is 19.6 Å². The lowest BCUT2D eigenvalue weighted by Gasteiger charge is -2.23. The SMILES string of the molecule is CC(=O)NC(CC(=O)NCCC1CCCNC1)c1ccc(F)cc1F. The number of amides is 2. The van der Waals surface area contributed by atoms with E-state index in [1.54, 1.807) is 0 Å². The van der Waals surface area contributed by atoms with Crippen LogP contribution in [0.2, 0.25) is 0 Å². The van der Waals surface area contributed by atoms with Crippen molar-refractivity contribution in [3.05, 3.63) is 35.4 Å². The van der Waals surface area contributed by atoms with Crippen molar-refractivity contribution in [1.82, 2.24) is 16.0 Å². The van der Waals surface area contributed by atoms with Gasteiger partial charge in [0.1, 0.15) is 11.6 Å². The summed E-state index contributed by atoms with van der Waals surface area (Å²) in [5, 5.41) is 8.70. The number of piperidine rings is 1. The van der Waals surface area contributed by atoms with Crippen LogP contribution >= 0.6 is 0 Å². The van der Waals surface area contributed by atoms with Gasteiger partial charge in [-0.3, -0.25) is 9.59 Å². The minimum Gasteiger partial charge on any atom is -0.356 e. The van der Waals surface area contributed by atoms with Gasteiger partial charge in [0.25, 0.3) is 0 Å². The van der Waals surface area contributed by atoms with Crippen molar-refractivity contribution < 1.29 is 18.4 Å². The van der Waals surface area contributed by atoms with Crippen LogP contribution in [0.5, 0.6) is 0 Å². The standard InChI is InChI=1S/C18H25F2N3O2/c1-12(24)23-17(15-5-4-14(19)9-16(15)20)10-18(25)22-8-6-13-3-2-7-21-11-13/h4-5,9,13,17,21H,2-3,6-8,10-11H2,1H3,(H,22,25)(H,23,24). The van der Waals surface area contributed by atoms with Crippen molar-refractivity contribution >= 4 is 11.8 Å². The third-order valence-corrected chi connectivity index (χ3v) is 4.38. The lowest BCUT2D eigenvalue weighted by Crippen LogP contribution is -2.35. The molecule has 2 rings (SSSR count). The van der Waals surface area contributed by atoms with Crippen LogP contribution in [0.15, 0.2) is 18.2 Å². The van der Waals surface area contributed by atoms with E-state index in [4.69, 9.17) is 0 Å². The predicted octanol–water partition coefficient (Wildman–Crippen LogP) is 2.04. The van der Waals surface area contributed by atoms with Gasteiger partial charge >= 0.3 is 0 Å². The van der Waals surface area contributed by atoms with Gasteiger partial charge in [0.15, 0.2) is 0 Å². The zero-order valence-corrected chi connectivity index (χ0v) is 14.4. The fourth-order valence-corrected chi connectivity index (χ4v) is 3.11. The maximum Gasteiger partial charge on any atom is 0.222 e. The van der Waals surface area contributed by atoms with Crippen LogP contribution in [0.25, 0.3) is 0 Å². The Balaban J connectivity index is 1.89. The number of hydrogen-bond donors (Lipinski definition) is 3. The Morgan fingerprint density at radius 2 is 2.16 bits per heavy atom. The molecule has 0 radical (unpaired) electrons. The van der Waals surface area contributed by atoms with Crippen LogP contribution in [0.1, 0.15) is 44.2 Å². The topological polar surface area (TPSA) is 70.2 Å². The Bertz CT molecular complexity index is 604. The summed E-state index contributed by atoms with van der Waals surface area (Å²) in [4.78, 5) is 23.5. The highest BCUT2D eigenvalue weighted by Crippen LogP contribution is 2.21. The first-order chi connectivity index (χ1) is 12.0. The lowest BCUT2D eigenvalue weighted by atomic mass is 9.96. The second-order valence-electron chi connectivity index (χ2n) is 6.47. The van der Waals surface area contributed by atoms with Gasteiger partial charge in [-0.05, 0) is 44.3 Å². The Hall–Kier alpha value is -2.02. The Morgan fingerprint density at radius 1 is 1.36 bits per heavy atom. The van der Waals surface area contributed by atoms with Crippen molar-refractivity contribution in [3.8, 4) is 0 Å². The molecule has 0 aliphatic carbocycles. The second-order valence-corrected chi connectivity index (χ2v) is 6.47. The first-order valence-corrected chi connectivity index (χ1v) is 8.65. The largest absolute Gasteiger partial charge is 0.356 e.